The van der Waals surface area contributed by atoms with E-state index in [0.29, 0.717) is 5.92 Å². The molecule has 2 nitrogen and oxygen atoms in total. The van der Waals surface area contributed by atoms with Gasteiger partial charge in [-0.15, -0.1) is 0 Å². The van der Waals surface area contributed by atoms with Gasteiger partial charge in [0.05, 0.1) is 0 Å². The highest BCUT2D eigenvalue weighted by molar-refractivity contribution is 5.25. The Labute approximate surface area is 72.6 Å². The average molecular weight is 165 g/mol. The van der Waals surface area contributed by atoms with Crippen LogP contribution in [0, 0.1) is 13.8 Å². The average Bonchev–Trinajstić information content (AvgIpc) is 1.96. The van der Waals surface area contributed by atoms with E-state index in [1.165, 1.54) is 5.56 Å². The van der Waals surface area contributed by atoms with Crippen LogP contribution in [0.5, 0.6) is 0 Å². The number of rotatable bonds is 1. The fraction of sp³-hybridized carbons (Fsp3) is 0.500. The topological polar surface area (TPSA) is 32.9 Å². The summed E-state index contributed by atoms with van der Waals surface area (Å²) < 4.78 is 0. The maximum atomic E-state index is 11.2. The molecule has 0 bridgehead atoms. The van der Waals surface area contributed by atoms with E-state index in [1.54, 1.807) is 0 Å². The van der Waals surface area contributed by atoms with Crippen LogP contribution in [0.3, 0.4) is 0 Å². The standard InChI is InChI=1S/C10H15NO/c1-6(2)9-7(3)5-8(4)10(12)11-9/h5-6H,1-4H3,(H,11,12). The van der Waals surface area contributed by atoms with Crippen molar-refractivity contribution < 1.29 is 0 Å². The van der Waals surface area contributed by atoms with Crippen molar-refractivity contribution in [2.45, 2.75) is 33.6 Å². The number of H-pyrrole nitrogens is 1. The molecular formula is C10H15NO. The fourth-order valence-corrected chi connectivity index (χ4v) is 1.39. The Balaban J connectivity index is 3.33. The van der Waals surface area contributed by atoms with Gasteiger partial charge in [-0.2, -0.15) is 0 Å². The summed E-state index contributed by atoms with van der Waals surface area (Å²) in [4.78, 5) is 14.1. The molecule has 1 heterocycles. The molecule has 0 amide bonds. The van der Waals surface area contributed by atoms with E-state index in [-0.39, 0.29) is 5.56 Å². The van der Waals surface area contributed by atoms with Crippen molar-refractivity contribution in [1.82, 2.24) is 4.98 Å². The van der Waals surface area contributed by atoms with E-state index in [4.69, 9.17) is 0 Å². The zero-order valence-corrected chi connectivity index (χ0v) is 8.06. The quantitative estimate of drug-likeness (QED) is 0.679. The lowest BCUT2D eigenvalue weighted by molar-refractivity contribution is 0.801. The van der Waals surface area contributed by atoms with Crippen molar-refractivity contribution >= 4 is 0 Å². The number of aryl methyl sites for hydroxylation is 2. The lowest BCUT2D eigenvalue weighted by Gasteiger charge is -2.09. The highest BCUT2D eigenvalue weighted by Crippen LogP contribution is 2.14. The second-order valence-corrected chi connectivity index (χ2v) is 3.53. The SMILES string of the molecule is Cc1cc(C)c(=O)[nH]c1C(C)C. The normalized spacial score (nSPS) is 10.8. The Morgan fingerprint density at radius 1 is 1.25 bits per heavy atom. The molecule has 0 spiro atoms. The first-order valence-corrected chi connectivity index (χ1v) is 4.22. The molecule has 2 heteroatoms. The third-order valence-electron chi connectivity index (χ3n) is 2.04. The van der Waals surface area contributed by atoms with Gasteiger partial charge >= 0.3 is 0 Å². The molecule has 0 aromatic carbocycles. The second kappa shape index (κ2) is 3.13. The lowest BCUT2D eigenvalue weighted by atomic mass is 10.0. The van der Waals surface area contributed by atoms with E-state index in [0.717, 1.165) is 11.3 Å². The van der Waals surface area contributed by atoms with Crippen molar-refractivity contribution in [3.05, 3.63) is 33.2 Å². The van der Waals surface area contributed by atoms with Gasteiger partial charge < -0.3 is 4.98 Å². The highest BCUT2D eigenvalue weighted by atomic mass is 16.1. The van der Waals surface area contributed by atoms with Crippen molar-refractivity contribution in [2.24, 2.45) is 0 Å². The first kappa shape index (κ1) is 9.04. The van der Waals surface area contributed by atoms with Crippen LogP contribution >= 0.6 is 0 Å². The minimum Gasteiger partial charge on any atom is -0.325 e. The van der Waals surface area contributed by atoms with Gasteiger partial charge in [0.1, 0.15) is 0 Å². The van der Waals surface area contributed by atoms with Crippen LogP contribution in [0.25, 0.3) is 0 Å². The summed E-state index contributed by atoms with van der Waals surface area (Å²) in [6, 6.07) is 1.94. The summed E-state index contributed by atoms with van der Waals surface area (Å²) in [7, 11) is 0. The van der Waals surface area contributed by atoms with Gasteiger partial charge in [0, 0.05) is 11.3 Å². The van der Waals surface area contributed by atoms with Gasteiger partial charge in [-0.3, -0.25) is 4.79 Å². The molecule has 1 aromatic heterocycles. The first-order chi connectivity index (χ1) is 5.52. The third kappa shape index (κ3) is 1.58. The summed E-state index contributed by atoms with van der Waals surface area (Å²) in [5.41, 5.74) is 3.04. The minimum absolute atomic E-state index is 0.0318. The highest BCUT2D eigenvalue weighted by Gasteiger charge is 2.05. The van der Waals surface area contributed by atoms with E-state index < -0.39 is 0 Å². The van der Waals surface area contributed by atoms with Crippen LogP contribution in [0.1, 0.15) is 36.6 Å². The molecule has 0 aliphatic carbocycles. The van der Waals surface area contributed by atoms with Gasteiger partial charge in [-0.1, -0.05) is 13.8 Å². The summed E-state index contributed by atoms with van der Waals surface area (Å²) in [6.07, 6.45) is 0. The molecule has 1 rings (SSSR count). The van der Waals surface area contributed by atoms with Crippen LogP contribution in [0.15, 0.2) is 10.9 Å². The molecule has 66 valence electrons. The number of aromatic nitrogens is 1. The van der Waals surface area contributed by atoms with Gasteiger partial charge in [-0.25, -0.2) is 0 Å². The molecule has 0 fully saturated rings. The molecular weight excluding hydrogens is 150 g/mol. The Morgan fingerprint density at radius 3 is 2.33 bits per heavy atom. The Bertz CT molecular complexity index is 336. The molecule has 0 saturated heterocycles. The van der Waals surface area contributed by atoms with Crippen molar-refractivity contribution in [3.63, 3.8) is 0 Å². The molecule has 0 atom stereocenters. The monoisotopic (exact) mass is 165 g/mol. The molecule has 0 saturated carbocycles. The Kier molecular flexibility index (Phi) is 2.36. The van der Waals surface area contributed by atoms with Crippen LogP contribution in [0.2, 0.25) is 0 Å². The lowest BCUT2D eigenvalue weighted by Crippen LogP contribution is -2.14. The minimum atomic E-state index is 0.0318. The zero-order valence-electron chi connectivity index (χ0n) is 8.06. The number of pyridine rings is 1. The predicted molar refractivity (Wildman–Crippen MR) is 50.6 cm³/mol. The molecule has 0 aliphatic heterocycles. The molecule has 0 unspecified atom stereocenters. The summed E-state index contributed by atoms with van der Waals surface area (Å²) in [5.74, 6) is 0.387. The fourth-order valence-electron chi connectivity index (χ4n) is 1.39. The first-order valence-electron chi connectivity index (χ1n) is 4.22. The second-order valence-electron chi connectivity index (χ2n) is 3.53. The third-order valence-corrected chi connectivity index (χ3v) is 2.04. The van der Waals surface area contributed by atoms with Crippen LogP contribution in [-0.2, 0) is 0 Å². The number of nitrogens with one attached hydrogen (secondary N) is 1. The number of hydrogen-bond donors (Lipinski definition) is 1. The number of hydrogen-bond acceptors (Lipinski definition) is 1. The Hall–Kier alpha value is -1.05. The maximum Gasteiger partial charge on any atom is 0.251 e. The van der Waals surface area contributed by atoms with Crippen molar-refractivity contribution in [3.8, 4) is 0 Å². The molecule has 12 heavy (non-hydrogen) atoms. The van der Waals surface area contributed by atoms with Crippen molar-refractivity contribution in [1.29, 1.82) is 0 Å². The van der Waals surface area contributed by atoms with Gasteiger partial charge in [0.15, 0.2) is 0 Å². The number of aromatic amines is 1. The van der Waals surface area contributed by atoms with Gasteiger partial charge in [-0.05, 0) is 31.4 Å². The predicted octanol–water partition coefficient (Wildman–Crippen LogP) is 2.12. The summed E-state index contributed by atoms with van der Waals surface area (Å²) in [6.45, 7) is 8.01. The van der Waals surface area contributed by atoms with Gasteiger partial charge in [0.25, 0.3) is 5.56 Å². The smallest absolute Gasteiger partial charge is 0.251 e. The molecule has 1 aromatic rings. The zero-order chi connectivity index (χ0) is 9.30. The van der Waals surface area contributed by atoms with E-state index in [2.05, 4.69) is 18.8 Å². The Morgan fingerprint density at radius 2 is 1.83 bits per heavy atom. The van der Waals surface area contributed by atoms with Gasteiger partial charge in [0.2, 0.25) is 0 Å². The van der Waals surface area contributed by atoms with E-state index in [9.17, 15) is 4.79 Å². The molecule has 1 N–H and O–H groups in total. The van der Waals surface area contributed by atoms with E-state index in [1.807, 2.05) is 19.9 Å². The maximum absolute atomic E-state index is 11.2. The van der Waals surface area contributed by atoms with Crippen molar-refractivity contribution in [2.75, 3.05) is 0 Å². The van der Waals surface area contributed by atoms with Crippen LogP contribution in [0.4, 0.5) is 0 Å². The van der Waals surface area contributed by atoms with E-state index >= 15 is 0 Å². The molecule has 0 radical (unpaired) electrons. The van der Waals surface area contributed by atoms with Crippen LogP contribution in [-0.4, -0.2) is 4.98 Å². The largest absolute Gasteiger partial charge is 0.325 e. The summed E-state index contributed by atoms with van der Waals surface area (Å²) >= 11 is 0. The van der Waals surface area contributed by atoms with Crippen LogP contribution < -0.4 is 5.56 Å². The summed E-state index contributed by atoms with van der Waals surface area (Å²) in [5, 5.41) is 0. The molecule has 0 aliphatic rings.